The fourth-order valence-electron chi connectivity index (χ4n) is 1.08. The van der Waals surface area contributed by atoms with Crippen molar-refractivity contribution in [2.75, 3.05) is 0 Å². The molecule has 6 heteroatoms. The van der Waals surface area contributed by atoms with Gasteiger partial charge in [-0.05, 0) is 28.6 Å². The molecule has 0 atom stereocenters. The molecule has 14 heavy (non-hydrogen) atoms. The van der Waals surface area contributed by atoms with E-state index in [9.17, 15) is 4.79 Å². The summed E-state index contributed by atoms with van der Waals surface area (Å²) in [6.45, 7) is 0. The number of hydrogen-bond acceptors (Lipinski definition) is 3. The largest absolute Gasteiger partial charge is 0.368 e. The Morgan fingerprint density at radius 3 is 2.71 bits per heavy atom. The average Bonchev–Trinajstić information content (AvgIpc) is 2.48. The average molecular weight is 211 g/mol. The van der Waals surface area contributed by atoms with Crippen LogP contribution in [0, 0.1) is 0 Å². The molecular formula is C8H7ClN4O. The smallest absolute Gasteiger partial charge is 0.244 e. The van der Waals surface area contributed by atoms with Gasteiger partial charge in [-0.3, -0.25) is 0 Å². The summed E-state index contributed by atoms with van der Waals surface area (Å²) < 4.78 is 2.34. The van der Waals surface area contributed by atoms with Crippen LogP contribution in [-0.2, 0) is 7.05 Å². The third-order valence-corrected chi connectivity index (χ3v) is 2.01. The van der Waals surface area contributed by atoms with E-state index in [4.69, 9.17) is 11.6 Å². The van der Waals surface area contributed by atoms with Crippen molar-refractivity contribution in [1.82, 2.24) is 19.8 Å². The molecule has 0 aliphatic rings. The Kier molecular flexibility index (Phi) is 2.09. The fourth-order valence-corrected chi connectivity index (χ4v) is 1.27. The van der Waals surface area contributed by atoms with Gasteiger partial charge in [0.05, 0.1) is 5.69 Å². The van der Waals surface area contributed by atoms with E-state index in [2.05, 4.69) is 10.4 Å². The third-order valence-electron chi connectivity index (χ3n) is 1.77. The highest BCUT2D eigenvalue weighted by molar-refractivity contribution is 6.30. The molecule has 0 aliphatic carbocycles. The highest BCUT2D eigenvalue weighted by Crippen LogP contribution is 2.11. The lowest BCUT2D eigenvalue weighted by Crippen LogP contribution is -2.21. The quantitative estimate of drug-likeness (QED) is 0.694. The zero-order valence-electron chi connectivity index (χ0n) is 7.38. The van der Waals surface area contributed by atoms with E-state index in [0.29, 0.717) is 10.7 Å². The summed E-state index contributed by atoms with van der Waals surface area (Å²) in [5.74, 6) is 0. The number of hydrogen-bond donors (Lipinski definition) is 0. The minimum atomic E-state index is -0.299. The lowest BCUT2D eigenvalue weighted by atomic mass is 10.3. The molecular weight excluding hydrogens is 204 g/mol. The van der Waals surface area contributed by atoms with Crippen LogP contribution in [0.2, 0.25) is 5.02 Å². The predicted molar refractivity (Wildman–Crippen MR) is 51.6 cm³/mol. The lowest BCUT2D eigenvalue weighted by molar-refractivity contribution is 0.693. The molecule has 2 aromatic rings. The molecule has 0 unspecified atom stereocenters. The molecule has 1 aromatic heterocycles. The van der Waals surface area contributed by atoms with E-state index in [1.807, 2.05) is 0 Å². The Morgan fingerprint density at radius 1 is 1.36 bits per heavy atom. The van der Waals surface area contributed by atoms with Crippen LogP contribution in [0.4, 0.5) is 0 Å². The van der Waals surface area contributed by atoms with E-state index in [1.54, 1.807) is 24.3 Å². The van der Waals surface area contributed by atoms with Gasteiger partial charge >= 0.3 is 5.69 Å². The summed E-state index contributed by atoms with van der Waals surface area (Å²) in [6, 6.07) is 6.87. The summed E-state index contributed by atoms with van der Waals surface area (Å²) in [5.41, 5.74) is 0.308. The first kappa shape index (κ1) is 8.96. The molecule has 1 heterocycles. The predicted octanol–water partition coefficient (Wildman–Crippen LogP) is 0.619. The van der Waals surface area contributed by atoms with Crippen LogP contribution in [-0.4, -0.2) is 19.8 Å². The minimum Gasteiger partial charge on any atom is -0.244 e. The molecule has 1 aromatic carbocycles. The number of tetrazole rings is 1. The second kappa shape index (κ2) is 3.26. The maximum atomic E-state index is 11.4. The van der Waals surface area contributed by atoms with Crippen molar-refractivity contribution < 1.29 is 0 Å². The van der Waals surface area contributed by atoms with Gasteiger partial charge in [-0.25, -0.2) is 4.79 Å². The molecule has 0 spiro atoms. The first-order valence-electron chi connectivity index (χ1n) is 3.93. The van der Waals surface area contributed by atoms with Crippen molar-refractivity contribution in [3.63, 3.8) is 0 Å². The molecule has 72 valence electrons. The molecule has 2 rings (SSSR count). The van der Waals surface area contributed by atoms with Gasteiger partial charge in [-0.15, -0.1) is 0 Å². The summed E-state index contributed by atoms with van der Waals surface area (Å²) in [7, 11) is 1.54. The molecule has 0 saturated carbocycles. The summed E-state index contributed by atoms with van der Waals surface area (Å²) in [6.07, 6.45) is 0. The molecule has 0 fully saturated rings. The maximum Gasteiger partial charge on any atom is 0.368 e. The van der Waals surface area contributed by atoms with E-state index in [1.165, 1.54) is 11.7 Å². The monoisotopic (exact) mass is 210 g/mol. The number of halogens is 1. The van der Waals surface area contributed by atoms with Crippen LogP contribution in [0.5, 0.6) is 0 Å². The zero-order chi connectivity index (χ0) is 10.1. The van der Waals surface area contributed by atoms with Crippen LogP contribution >= 0.6 is 11.6 Å². The lowest BCUT2D eigenvalue weighted by Gasteiger charge is -1.97. The molecule has 0 amide bonds. The van der Waals surface area contributed by atoms with E-state index in [-0.39, 0.29) is 5.69 Å². The summed E-state index contributed by atoms with van der Waals surface area (Å²) in [4.78, 5) is 11.4. The first-order valence-corrected chi connectivity index (χ1v) is 4.31. The first-order chi connectivity index (χ1) is 6.68. The SMILES string of the molecule is Cn1nnn(-c2cccc(Cl)c2)c1=O. The number of benzene rings is 1. The van der Waals surface area contributed by atoms with Crippen LogP contribution in [0.15, 0.2) is 29.1 Å². The van der Waals surface area contributed by atoms with Gasteiger partial charge in [0.2, 0.25) is 0 Å². The summed E-state index contributed by atoms with van der Waals surface area (Å²) >= 11 is 5.78. The molecule has 0 N–H and O–H groups in total. The van der Waals surface area contributed by atoms with Crippen molar-refractivity contribution >= 4 is 11.6 Å². The van der Waals surface area contributed by atoms with Gasteiger partial charge in [0.15, 0.2) is 0 Å². The number of aryl methyl sites for hydroxylation is 1. The highest BCUT2D eigenvalue weighted by atomic mass is 35.5. The standard InChI is InChI=1S/C8H7ClN4O/c1-12-8(14)13(11-10-12)7-4-2-3-6(9)5-7/h2-5H,1H3. The third kappa shape index (κ3) is 1.42. The second-order valence-electron chi connectivity index (χ2n) is 2.78. The second-order valence-corrected chi connectivity index (χ2v) is 3.21. The van der Waals surface area contributed by atoms with E-state index in [0.717, 1.165) is 4.68 Å². The van der Waals surface area contributed by atoms with E-state index < -0.39 is 0 Å². The maximum absolute atomic E-state index is 11.4. The number of aromatic nitrogens is 4. The highest BCUT2D eigenvalue weighted by Gasteiger charge is 2.05. The Hall–Kier alpha value is -1.62. The van der Waals surface area contributed by atoms with Crippen LogP contribution < -0.4 is 5.69 Å². The van der Waals surface area contributed by atoms with E-state index >= 15 is 0 Å². The van der Waals surface area contributed by atoms with Crippen LogP contribution in [0.25, 0.3) is 5.69 Å². The van der Waals surface area contributed by atoms with Gasteiger partial charge < -0.3 is 0 Å². The number of rotatable bonds is 1. The van der Waals surface area contributed by atoms with Gasteiger partial charge in [0.1, 0.15) is 0 Å². The zero-order valence-corrected chi connectivity index (χ0v) is 8.14. The van der Waals surface area contributed by atoms with Crippen LogP contribution in [0.1, 0.15) is 0 Å². The van der Waals surface area contributed by atoms with Gasteiger partial charge in [0.25, 0.3) is 0 Å². The van der Waals surface area contributed by atoms with Crippen molar-refractivity contribution in [3.8, 4) is 5.69 Å². The van der Waals surface area contributed by atoms with Crippen LogP contribution in [0.3, 0.4) is 0 Å². The molecule has 0 aliphatic heterocycles. The minimum absolute atomic E-state index is 0.299. The summed E-state index contributed by atoms with van der Waals surface area (Å²) in [5, 5.41) is 7.84. The molecule has 5 nitrogen and oxygen atoms in total. The Bertz CT molecular complexity index is 516. The van der Waals surface area contributed by atoms with Crippen molar-refractivity contribution in [2.24, 2.45) is 7.05 Å². The molecule has 0 saturated heterocycles. The normalized spacial score (nSPS) is 10.4. The molecule has 0 bridgehead atoms. The van der Waals surface area contributed by atoms with Gasteiger partial charge in [-0.1, -0.05) is 17.7 Å². The Balaban J connectivity index is 2.60. The topological polar surface area (TPSA) is 52.7 Å². The Morgan fingerprint density at radius 2 is 2.14 bits per heavy atom. The van der Waals surface area contributed by atoms with Crippen molar-refractivity contribution in [1.29, 1.82) is 0 Å². The van der Waals surface area contributed by atoms with Crippen molar-refractivity contribution in [2.45, 2.75) is 0 Å². The Labute approximate surface area is 84.5 Å². The van der Waals surface area contributed by atoms with Gasteiger partial charge in [-0.2, -0.15) is 9.36 Å². The van der Waals surface area contributed by atoms with Crippen molar-refractivity contribution in [3.05, 3.63) is 39.8 Å². The fraction of sp³-hybridized carbons (Fsp3) is 0.125. The molecule has 0 radical (unpaired) electrons. The van der Waals surface area contributed by atoms with Gasteiger partial charge in [0, 0.05) is 12.1 Å². The number of nitrogens with zero attached hydrogens (tertiary/aromatic N) is 4.